The van der Waals surface area contributed by atoms with Gasteiger partial charge in [0.05, 0.1) is 0 Å². The van der Waals surface area contributed by atoms with Crippen LogP contribution in [0.25, 0.3) is 0 Å². The van der Waals surface area contributed by atoms with Gasteiger partial charge < -0.3 is 11.5 Å². The number of benzene rings is 2. The number of nitrogens with two attached hydrogens (primary N) is 2. The van der Waals surface area contributed by atoms with Crippen LogP contribution in [0.1, 0.15) is 48.9 Å². The zero-order chi connectivity index (χ0) is 16.7. The second kappa shape index (κ2) is 8.28. The molecule has 0 aliphatic carbocycles. The summed E-state index contributed by atoms with van der Waals surface area (Å²) in [5, 5.41) is 0. The summed E-state index contributed by atoms with van der Waals surface area (Å²) in [5.74, 6) is 0. The third-order valence-electron chi connectivity index (χ3n) is 4.69. The lowest BCUT2D eigenvalue weighted by Gasteiger charge is -2.26. The summed E-state index contributed by atoms with van der Waals surface area (Å²) in [5.41, 5.74) is 16.6. The molecule has 0 unspecified atom stereocenters. The first-order valence-electron chi connectivity index (χ1n) is 8.67. The Morgan fingerprint density at radius 1 is 0.652 bits per heavy atom. The second-order valence-corrected chi connectivity index (χ2v) is 6.80. The van der Waals surface area contributed by atoms with Gasteiger partial charge in [0.2, 0.25) is 0 Å². The lowest BCUT2D eigenvalue weighted by Crippen LogP contribution is -2.19. The van der Waals surface area contributed by atoms with Crippen molar-refractivity contribution in [3.63, 3.8) is 0 Å². The summed E-state index contributed by atoms with van der Waals surface area (Å²) >= 11 is 0. The van der Waals surface area contributed by atoms with Gasteiger partial charge in [-0.05, 0) is 61.0 Å². The molecular formula is C21H30N2. The highest BCUT2D eigenvalue weighted by molar-refractivity contribution is 5.39. The molecule has 2 nitrogen and oxygen atoms in total. The minimum atomic E-state index is 0.0127. The van der Waals surface area contributed by atoms with Gasteiger partial charge in [-0.1, -0.05) is 62.4 Å². The van der Waals surface area contributed by atoms with E-state index >= 15 is 0 Å². The van der Waals surface area contributed by atoms with E-state index in [9.17, 15) is 0 Å². The Bertz CT molecular complexity index is 529. The van der Waals surface area contributed by atoms with E-state index in [2.05, 4.69) is 62.4 Å². The van der Waals surface area contributed by atoms with Gasteiger partial charge in [0.1, 0.15) is 0 Å². The van der Waals surface area contributed by atoms with Gasteiger partial charge >= 0.3 is 0 Å². The first kappa shape index (κ1) is 17.7. The van der Waals surface area contributed by atoms with Gasteiger partial charge in [0, 0.05) is 5.41 Å². The average molecular weight is 310 g/mol. The van der Waals surface area contributed by atoms with E-state index < -0.39 is 0 Å². The lowest BCUT2D eigenvalue weighted by molar-refractivity contribution is 0.639. The van der Waals surface area contributed by atoms with E-state index in [1.165, 1.54) is 22.3 Å². The molecule has 0 heterocycles. The fourth-order valence-corrected chi connectivity index (χ4v) is 2.96. The average Bonchev–Trinajstić information content (AvgIpc) is 2.59. The number of rotatable bonds is 8. The Morgan fingerprint density at radius 3 is 1.30 bits per heavy atom. The van der Waals surface area contributed by atoms with Crippen LogP contribution in [0, 0.1) is 0 Å². The van der Waals surface area contributed by atoms with Crippen molar-refractivity contribution in [1.82, 2.24) is 0 Å². The monoisotopic (exact) mass is 310 g/mol. The molecule has 0 saturated heterocycles. The van der Waals surface area contributed by atoms with Crippen LogP contribution in [0.4, 0.5) is 0 Å². The van der Waals surface area contributed by atoms with E-state index in [0.717, 1.165) is 38.8 Å². The summed E-state index contributed by atoms with van der Waals surface area (Å²) < 4.78 is 0. The molecule has 4 N–H and O–H groups in total. The SMILES string of the molecule is CC(C)(c1ccc(CCCN)cc1)c1ccc(CCCN)cc1. The Morgan fingerprint density at radius 2 is 1.00 bits per heavy atom. The van der Waals surface area contributed by atoms with Crippen molar-refractivity contribution in [3.8, 4) is 0 Å². The van der Waals surface area contributed by atoms with Gasteiger partial charge in [-0.3, -0.25) is 0 Å². The molecule has 2 heteroatoms. The van der Waals surface area contributed by atoms with Crippen molar-refractivity contribution < 1.29 is 0 Å². The van der Waals surface area contributed by atoms with Crippen molar-refractivity contribution in [2.75, 3.05) is 13.1 Å². The fourth-order valence-electron chi connectivity index (χ4n) is 2.96. The maximum absolute atomic E-state index is 5.59. The molecule has 0 fully saturated rings. The Balaban J connectivity index is 2.13. The van der Waals surface area contributed by atoms with Crippen LogP contribution in [0.15, 0.2) is 48.5 Å². The first-order chi connectivity index (χ1) is 11.1. The number of hydrogen-bond acceptors (Lipinski definition) is 2. The predicted octanol–water partition coefficient (Wildman–Crippen LogP) is 3.80. The van der Waals surface area contributed by atoms with Crippen LogP contribution in [0.5, 0.6) is 0 Å². The van der Waals surface area contributed by atoms with Crippen LogP contribution in [-0.2, 0) is 18.3 Å². The standard InChI is InChI=1S/C21H30N2/c1-21(2,19-11-7-17(8-12-19)5-3-15-22)20-13-9-18(10-14-20)6-4-16-23/h7-14H,3-6,15-16,22-23H2,1-2H3. The van der Waals surface area contributed by atoms with Gasteiger partial charge in [0.15, 0.2) is 0 Å². The van der Waals surface area contributed by atoms with E-state index in [-0.39, 0.29) is 5.41 Å². The van der Waals surface area contributed by atoms with Crippen LogP contribution in [0.3, 0.4) is 0 Å². The van der Waals surface area contributed by atoms with Crippen molar-refractivity contribution >= 4 is 0 Å². The lowest BCUT2D eigenvalue weighted by atomic mass is 9.77. The molecule has 0 atom stereocenters. The number of aryl methyl sites for hydroxylation is 2. The summed E-state index contributed by atoms with van der Waals surface area (Å²) in [7, 11) is 0. The Kier molecular flexibility index (Phi) is 6.37. The molecule has 2 rings (SSSR count). The van der Waals surface area contributed by atoms with E-state index in [1.54, 1.807) is 0 Å². The smallest absolute Gasteiger partial charge is 0.0146 e. The third kappa shape index (κ3) is 4.66. The van der Waals surface area contributed by atoms with Crippen molar-refractivity contribution in [2.45, 2.75) is 44.9 Å². The molecule has 0 aromatic heterocycles. The van der Waals surface area contributed by atoms with Crippen molar-refractivity contribution in [2.24, 2.45) is 11.5 Å². The van der Waals surface area contributed by atoms with Crippen LogP contribution < -0.4 is 11.5 Å². The molecule has 124 valence electrons. The van der Waals surface area contributed by atoms with Crippen molar-refractivity contribution in [3.05, 3.63) is 70.8 Å². The molecule has 23 heavy (non-hydrogen) atoms. The minimum absolute atomic E-state index is 0.0127. The zero-order valence-corrected chi connectivity index (χ0v) is 14.5. The molecule has 0 radical (unpaired) electrons. The Labute approximate surface area is 140 Å². The molecule has 0 aliphatic rings. The highest BCUT2D eigenvalue weighted by atomic mass is 14.5. The second-order valence-electron chi connectivity index (χ2n) is 6.80. The highest BCUT2D eigenvalue weighted by Crippen LogP contribution is 2.31. The number of hydrogen-bond donors (Lipinski definition) is 2. The van der Waals surface area contributed by atoms with Gasteiger partial charge in [-0.25, -0.2) is 0 Å². The van der Waals surface area contributed by atoms with Crippen molar-refractivity contribution in [1.29, 1.82) is 0 Å². The zero-order valence-electron chi connectivity index (χ0n) is 14.5. The van der Waals surface area contributed by atoms with Crippen LogP contribution in [-0.4, -0.2) is 13.1 Å². The third-order valence-corrected chi connectivity index (χ3v) is 4.69. The largest absolute Gasteiger partial charge is 0.330 e. The van der Waals surface area contributed by atoms with E-state index in [4.69, 9.17) is 11.5 Å². The normalized spacial score (nSPS) is 11.7. The molecule has 0 spiro atoms. The quantitative estimate of drug-likeness (QED) is 0.779. The first-order valence-corrected chi connectivity index (χ1v) is 8.67. The predicted molar refractivity (Wildman–Crippen MR) is 99.8 cm³/mol. The maximum Gasteiger partial charge on any atom is 0.0146 e. The fraction of sp³-hybridized carbons (Fsp3) is 0.429. The molecule has 0 aliphatic heterocycles. The van der Waals surface area contributed by atoms with E-state index in [1.807, 2.05) is 0 Å². The minimum Gasteiger partial charge on any atom is -0.330 e. The molecular weight excluding hydrogens is 280 g/mol. The van der Waals surface area contributed by atoms with E-state index in [0.29, 0.717) is 0 Å². The van der Waals surface area contributed by atoms with Gasteiger partial charge in [-0.2, -0.15) is 0 Å². The maximum atomic E-state index is 5.59. The van der Waals surface area contributed by atoms with Crippen LogP contribution >= 0.6 is 0 Å². The molecule has 0 saturated carbocycles. The highest BCUT2D eigenvalue weighted by Gasteiger charge is 2.22. The Hall–Kier alpha value is -1.64. The molecule has 0 amide bonds. The summed E-state index contributed by atoms with van der Waals surface area (Å²) in [6.45, 7) is 6.08. The summed E-state index contributed by atoms with van der Waals surface area (Å²) in [6.07, 6.45) is 4.22. The molecule has 2 aromatic rings. The molecule has 2 aromatic carbocycles. The summed E-state index contributed by atoms with van der Waals surface area (Å²) in [6, 6.07) is 18.0. The molecule has 0 bridgehead atoms. The van der Waals surface area contributed by atoms with Gasteiger partial charge in [0.25, 0.3) is 0 Å². The van der Waals surface area contributed by atoms with Gasteiger partial charge in [-0.15, -0.1) is 0 Å². The van der Waals surface area contributed by atoms with Crippen LogP contribution in [0.2, 0.25) is 0 Å². The topological polar surface area (TPSA) is 52.0 Å². The summed E-state index contributed by atoms with van der Waals surface area (Å²) in [4.78, 5) is 0.